The fourth-order valence-electron chi connectivity index (χ4n) is 4.39. The van der Waals surface area contributed by atoms with E-state index in [0.717, 1.165) is 55.1 Å². The number of carboxylic acids is 1. The van der Waals surface area contributed by atoms with Crippen LogP contribution in [0.25, 0.3) is 22.5 Å². The van der Waals surface area contributed by atoms with Gasteiger partial charge in [-0.1, -0.05) is 30.3 Å². The van der Waals surface area contributed by atoms with Crippen LogP contribution in [0.4, 0.5) is 13.2 Å². The third kappa shape index (κ3) is 7.44. The second-order valence-corrected chi connectivity index (χ2v) is 10.1. The molecule has 0 spiro atoms. The van der Waals surface area contributed by atoms with Crippen LogP contribution in [-0.2, 0) is 11.3 Å². The summed E-state index contributed by atoms with van der Waals surface area (Å²) in [5.41, 5.74) is 3.74. The van der Waals surface area contributed by atoms with Gasteiger partial charge in [0, 0.05) is 74.0 Å². The lowest BCUT2D eigenvalue weighted by molar-refractivity contribution is -0.192. The molecule has 1 saturated carbocycles. The highest BCUT2D eigenvalue weighted by Gasteiger charge is 2.38. The number of nitrogens with zero attached hydrogens (tertiary/aromatic N) is 5. The summed E-state index contributed by atoms with van der Waals surface area (Å²) in [6.45, 7) is 8.80. The first-order valence-corrected chi connectivity index (χ1v) is 12.9. The van der Waals surface area contributed by atoms with E-state index in [2.05, 4.69) is 39.5 Å². The van der Waals surface area contributed by atoms with Gasteiger partial charge < -0.3 is 14.6 Å². The van der Waals surface area contributed by atoms with Gasteiger partial charge >= 0.3 is 12.1 Å². The smallest absolute Gasteiger partial charge is 0.475 e. The molecule has 11 heteroatoms. The minimum Gasteiger partial charge on any atom is -0.475 e. The molecule has 3 aromatic rings. The summed E-state index contributed by atoms with van der Waals surface area (Å²) in [6, 6.07) is 12.5. The number of carbonyl (C=O) groups excluding carboxylic acids is 1. The fourth-order valence-corrected chi connectivity index (χ4v) is 4.39. The average molecular weight is 544 g/mol. The van der Waals surface area contributed by atoms with Gasteiger partial charge in [0.05, 0.1) is 0 Å². The molecule has 2 fully saturated rings. The van der Waals surface area contributed by atoms with E-state index in [9.17, 15) is 18.0 Å². The minimum absolute atomic E-state index is 0.141. The molecule has 0 atom stereocenters. The van der Waals surface area contributed by atoms with Gasteiger partial charge in [0.25, 0.3) is 5.91 Å². The van der Waals surface area contributed by atoms with E-state index in [-0.39, 0.29) is 5.91 Å². The van der Waals surface area contributed by atoms with Crippen molar-refractivity contribution in [2.45, 2.75) is 45.5 Å². The standard InChI is InChI=1S/C26H31N5O.C2HF3O2/c1-19(2)29-10-12-30(13-11-29)26(32)24-14-22(18-31(24)17-20-8-9-20)23-15-27-25(28-16-23)21-6-4-3-5-7-21;3-2(4,5)1(6)7/h3-7,14-16,18-20H,8-13,17H2,1-2H3;(H,6,7). The number of halogens is 3. The van der Waals surface area contributed by atoms with Gasteiger partial charge in [-0.2, -0.15) is 13.2 Å². The maximum atomic E-state index is 13.4. The molecule has 1 saturated heterocycles. The predicted molar refractivity (Wildman–Crippen MR) is 140 cm³/mol. The molecule has 0 radical (unpaired) electrons. The van der Waals surface area contributed by atoms with Crippen molar-refractivity contribution >= 4 is 11.9 Å². The van der Waals surface area contributed by atoms with Crippen molar-refractivity contribution < 1.29 is 27.9 Å². The van der Waals surface area contributed by atoms with E-state index in [1.807, 2.05) is 53.7 Å². The van der Waals surface area contributed by atoms with Crippen LogP contribution in [0.15, 0.2) is 55.0 Å². The van der Waals surface area contributed by atoms with Gasteiger partial charge in [0.1, 0.15) is 5.69 Å². The van der Waals surface area contributed by atoms with Crippen LogP contribution < -0.4 is 0 Å². The number of alkyl halides is 3. The molecule has 1 aliphatic carbocycles. The molecular weight excluding hydrogens is 511 g/mol. The maximum Gasteiger partial charge on any atom is 0.490 e. The number of carboxylic acid groups (broad SMARTS) is 1. The molecule has 1 aliphatic heterocycles. The Kier molecular flexibility index (Phi) is 8.69. The number of aliphatic carboxylic acids is 1. The molecule has 1 amide bonds. The van der Waals surface area contributed by atoms with Crippen LogP contribution in [0.2, 0.25) is 0 Å². The second kappa shape index (κ2) is 12.0. The lowest BCUT2D eigenvalue weighted by Crippen LogP contribution is -2.51. The third-order valence-corrected chi connectivity index (χ3v) is 6.86. The van der Waals surface area contributed by atoms with Crippen LogP contribution in [0, 0.1) is 5.92 Å². The van der Waals surface area contributed by atoms with Crippen LogP contribution >= 0.6 is 0 Å². The maximum absolute atomic E-state index is 13.4. The molecule has 1 N–H and O–H groups in total. The number of benzene rings is 1. The lowest BCUT2D eigenvalue weighted by Gasteiger charge is -2.37. The van der Waals surface area contributed by atoms with E-state index >= 15 is 0 Å². The molecule has 1 aromatic carbocycles. The normalized spacial score (nSPS) is 16.1. The summed E-state index contributed by atoms with van der Waals surface area (Å²) in [4.78, 5) is 35.9. The van der Waals surface area contributed by atoms with Crippen LogP contribution in [0.3, 0.4) is 0 Å². The zero-order chi connectivity index (χ0) is 28.2. The van der Waals surface area contributed by atoms with Crippen molar-refractivity contribution in [2.75, 3.05) is 26.2 Å². The Labute approximate surface area is 225 Å². The molecule has 3 heterocycles. The molecule has 2 aromatic heterocycles. The Morgan fingerprint density at radius 3 is 2.08 bits per heavy atom. The van der Waals surface area contributed by atoms with Crippen molar-refractivity contribution in [3.05, 3.63) is 60.7 Å². The van der Waals surface area contributed by atoms with Crippen molar-refractivity contribution in [1.29, 1.82) is 0 Å². The number of amides is 1. The number of hydrogen-bond acceptors (Lipinski definition) is 5. The topological polar surface area (TPSA) is 91.6 Å². The quantitative estimate of drug-likeness (QED) is 0.479. The Hall–Kier alpha value is -3.73. The Bertz CT molecular complexity index is 1260. The van der Waals surface area contributed by atoms with Crippen LogP contribution in [0.5, 0.6) is 0 Å². The number of carbonyl (C=O) groups is 2. The van der Waals surface area contributed by atoms with Crippen molar-refractivity contribution in [3.63, 3.8) is 0 Å². The van der Waals surface area contributed by atoms with E-state index in [1.54, 1.807) is 0 Å². The third-order valence-electron chi connectivity index (χ3n) is 6.86. The molecule has 0 unspecified atom stereocenters. The van der Waals surface area contributed by atoms with Gasteiger partial charge in [0.15, 0.2) is 5.82 Å². The summed E-state index contributed by atoms with van der Waals surface area (Å²) >= 11 is 0. The number of piperazine rings is 1. The minimum atomic E-state index is -5.08. The fraction of sp³-hybridized carbons (Fsp3) is 0.429. The monoisotopic (exact) mass is 543 g/mol. The summed E-state index contributed by atoms with van der Waals surface area (Å²) < 4.78 is 33.9. The van der Waals surface area contributed by atoms with Crippen LogP contribution in [0.1, 0.15) is 37.2 Å². The zero-order valence-corrected chi connectivity index (χ0v) is 21.9. The molecule has 39 heavy (non-hydrogen) atoms. The van der Waals surface area contributed by atoms with E-state index in [1.165, 1.54) is 12.8 Å². The van der Waals surface area contributed by atoms with Gasteiger partial charge in [-0.25, -0.2) is 14.8 Å². The van der Waals surface area contributed by atoms with Gasteiger partial charge in [0.2, 0.25) is 0 Å². The predicted octanol–water partition coefficient (Wildman–Crippen LogP) is 4.82. The molecule has 0 bridgehead atoms. The number of rotatable bonds is 6. The van der Waals surface area contributed by atoms with E-state index in [4.69, 9.17) is 9.90 Å². The summed E-state index contributed by atoms with van der Waals surface area (Å²) in [5.74, 6) is -1.21. The molecule has 2 aliphatic rings. The van der Waals surface area contributed by atoms with Gasteiger partial charge in [-0.3, -0.25) is 9.69 Å². The lowest BCUT2D eigenvalue weighted by atomic mass is 10.1. The summed E-state index contributed by atoms with van der Waals surface area (Å²) in [5, 5.41) is 7.12. The zero-order valence-electron chi connectivity index (χ0n) is 21.9. The van der Waals surface area contributed by atoms with Crippen molar-refractivity contribution in [1.82, 2.24) is 24.3 Å². The summed E-state index contributed by atoms with van der Waals surface area (Å²) in [7, 11) is 0. The number of hydrogen-bond donors (Lipinski definition) is 1. The first kappa shape index (κ1) is 28.3. The second-order valence-electron chi connectivity index (χ2n) is 10.1. The van der Waals surface area contributed by atoms with Gasteiger partial charge in [-0.05, 0) is 38.7 Å². The highest BCUT2D eigenvalue weighted by Crippen LogP contribution is 2.33. The van der Waals surface area contributed by atoms with Crippen LogP contribution in [-0.4, -0.2) is 79.7 Å². The highest BCUT2D eigenvalue weighted by molar-refractivity contribution is 5.94. The van der Waals surface area contributed by atoms with E-state index in [0.29, 0.717) is 17.8 Å². The van der Waals surface area contributed by atoms with Crippen molar-refractivity contribution in [3.8, 4) is 22.5 Å². The Morgan fingerprint density at radius 1 is 0.974 bits per heavy atom. The first-order chi connectivity index (χ1) is 18.5. The average Bonchev–Trinajstić information content (AvgIpc) is 3.65. The summed E-state index contributed by atoms with van der Waals surface area (Å²) in [6.07, 6.45) is 3.26. The largest absolute Gasteiger partial charge is 0.490 e. The van der Waals surface area contributed by atoms with Crippen molar-refractivity contribution in [2.24, 2.45) is 5.92 Å². The highest BCUT2D eigenvalue weighted by atomic mass is 19.4. The SMILES string of the molecule is CC(C)N1CCN(C(=O)c2cc(-c3cnc(-c4ccccc4)nc3)cn2CC2CC2)CC1.O=C(O)C(F)(F)F. The van der Waals surface area contributed by atoms with Gasteiger partial charge in [-0.15, -0.1) is 0 Å². The van der Waals surface area contributed by atoms with E-state index < -0.39 is 12.1 Å². The number of aromatic nitrogens is 3. The Morgan fingerprint density at radius 2 is 1.56 bits per heavy atom. The molecule has 5 rings (SSSR count). The molecular formula is C28H32F3N5O3. The Balaban J connectivity index is 0.000000448. The first-order valence-electron chi connectivity index (χ1n) is 12.9. The molecule has 8 nitrogen and oxygen atoms in total. The molecule has 208 valence electrons.